The Labute approximate surface area is 149 Å². The maximum atomic E-state index is 12.9. The molecule has 2 amide bonds. The van der Waals surface area contributed by atoms with Crippen molar-refractivity contribution in [2.45, 2.75) is 32.1 Å². The summed E-state index contributed by atoms with van der Waals surface area (Å²) in [7, 11) is 1.64. The fourth-order valence-corrected chi connectivity index (χ4v) is 3.74. The Bertz CT molecular complexity index is 614. The van der Waals surface area contributed by atoms with Gasteiger partial charge in [0.25, 0.3) is 5.91 Å². The zero-order valence-corrected chi connectivity index (χ0v) is 14.9. The third-order valence-corrected chi connectivity index (χ3v) is 5.11. The number of carbonyl (C=O) groups excluding carboxylic acids is 2. The van der Waals surface area contributed by atoms with Crippen molar-refractivity contribution < 1.29 is 14.3 Å². The Morgan fingerprint density at radius 2 is 2.12 bits per heavy atom. The number of nitrogens with zero attached hydrogens (tertiary/aromatic N) is 3. The van der Waals surface area contributed by atoms with Gasteiger partial charge in [-0.1, -0.05) is 0 Å². The van der Waals surface area contributed by atoms with Gasteiger partial charge in [0.1, 0.15) is 0 Å². The predicted octanol–water partition coefficient (Wildman–Crippen LogP) is 1.75. The highest BCUT2D eigenvalue weighted by Crippen LogP contribution is 2.23. The van der Waals surface area contributed by atoms with Crippen molar-refractivity contribution >= 4 is 11.8 Å². The van der Waals surface area contributed by atoms with Crippen LogP contribution in [0.5, 0.6) is 0 Å². The average molecular weight is 345 g/mol. The minimum atomic E-state index is 0.0864. The van der Waals surface area contributed by atoms with Crippen molar-refractivity contribution in [1.29, 1.82) is 0 Å². The first-order chi connectivity index (χ1) is 12.2. The second kappa shape index (κ2) is 8.43. The number of rotatable bonds is 6. The Kier molecular flexibility index (Phi) is 6.02. The van der Waals surface area contributed by atoms with Crippen LogP contribution in [-0.2, 0) is 16.0 Å². The zero-order valence-electron chi connectivity index (χ0n) is 14.9. The van der Waals surface area contributed by atoms with Crippen LogP contribution in [0.1, 0.15) is 41.7 Å². The number of pyridine rings is 1. The van der Waals surface area contributed by atoms with E-state index in [9.17, 15) is 9.59 Å². The topological polar surface area (TPSA) is 62.7 Å². The average Bonchev–Trinajstić information content (AvgIpc) is 2.99. The van der Waals surface area contributed by atoms with Gasteiger partial charge >= 0.3 is 0 Å². The first-order valence-corrected chi connectivity index (χ1v) is 9.19. The molecule has 0 aromatic carbocycles. The number of likely N-dealkylation sites (tertiary alicyclic amines) is 2. The molecule has 6 nitrogen and oxygen atoms in total. The lowest BCUT2D eigenvalue weighted by atomic mass is 9.98. The van der Waals surface area contributed by atoms with Gasteiger partial charge in [-0.2, -0.15) is 0 Å². The van der Waals surface area contributed by atoms with Gasteiger partial charge < -0.3 is 14.5 Å². The molecule has 0 aliphatic carbocycles. The summed E-state index contributed by atoms with van der Waals surface area (Å²) in [5.41, 5.74) is 1.52. The smallest absolute Gasteiger partial charge is 0.255 e. The molecule has 136 valence electrons. The molecule has 0 radical (unpaired) electrons. The number of piperidine rings is 1. The lowest BCUT2D eigenvalue weighted by Gasteiger charge is -2.27. The van der Waals surface area contributed by atoms with Crippen LogP contribution >= 0.6 is 0 Å². The summed E-state index contributed by atoms with van der Waals surface area (Å²) in [5, 5.41) is 0. The number of amides is 2. The number of methoxy groups -OCH3 is 1. The lowest BCUT2D eigenvalue weighted by molar-refractivity contribution is -0.128. The Morgan fingerprint density at radius 3 is 2.88 bits per heavy atom. The zero-order chi connectivity index (χ0) is 17.6. The third kappa shape index (κ3) is 4.37. The van der Waals surface area contributed by atoms with Crippen molar-refractivity contribution in [3.8, 4) is 0 Å². The van der Waals surface area contributed by atoms with Crippen LogP contribution in [0.15, 0.2) is 18.3 Å². The summed E-state index contributed by atoms with van der Waals surface area (Å²) in [5.74, 6) is 0.470. The van der Waals surface area contributed by atoms with Gasteiger partial charge in [0.05, 0.1) is 17.9 Å². The van der Waals surface area contributed by atoms with Gasteiger partial charge in [-0.25, -0.2) is 0 Å². The Hall–Kier alpha value is -1.95. The van der Waals surface area contributed by atoms with Gasteiger partial charge in [0, 0.05) is 45.9 Å². The van der Waals surface area contributed by atoms with E-state index in [1.807, 2.05) is 21.9 Å². The summed E-state index contributed by atoms with van der Waals surface area (Å²) in [6.45, 7) is 3.57. The van der Waals surface area contributed by atoms with Gasteiger partial charge in [-0.3, -0.25) is 14.6 Å². The number of aromatic nitrogens is 1. The van der Waals surface area contributed by atoms with Crippen molar-refractivity contribution in [2.24, 2.45) is 5.92 Å². The minimum absolute atomic E-state index is 0.0864. The van der Waals surface area contributed by atoms with Crippen molar-refractivity contribution in [3.63, 3.8) is 0 Å². The van der Waals surface area contributed by atoms with Crippen molar-refractivity contribution in [1.82, 2.24) is 14.8 Å². The lowest BCUT2D eigenvalue weighted by Crippen LogP contribution is -2.36. The van der Waals surface area contributed by atoms with Crippen molar-refractivity contribution in [3.05, 3.63) is 29.6 Å². The van der Waals surface area contributed by atoms with Gasteiger partial charge in [0.2, 0.25) is 5.91 Å². The number of hydrogen-bond acceptors (Lipinski definition) is 4. The van der Waals surface area contributed by atoms with E-state index in [2.05, 4.69) is 4.98 Å². The fraction of sp³-hybridized carbons (Fsp3) is 0.632. The molecule has 0 saturated carbocycles. The Morgan fingerprint density at radius 1 is 1.32 bits per heavy atom. The van der Waals surface area contributed by atoms with Crippen LogP contribution in [0.4, 0.5) is 0 Å². The van der Waals surface area contributed by atoms with E-state index >= 15 is 0 Å². The molecule has 2 saturated heterocycles. The van der Waals surface area contributed by atoms with Crippen molar-refractivity contribution in [2.75, 3.05) is 39.9 Å². The summed E-state index contributed by atoms with van der Waals surface area (Å²) in [6.07, 6.45) is 6.29. The molecule has 1 aromatic heterocycles. The van der Waals surface area contributed by atoms with Gasteiger partial charge in [0.15, 0.2) is 0 Å². The molecule has 0 spiro atoms. The molecule has 3 rings (SSSR count). The van der Waals surface area contributed by atoms with Crippen LogP contribution in [0.3, 0.4) is 0 Å². The second-order valence-electron chi connectivity index (χ2n) is 6.96. The normalized spacial score (nSPS) is 21.0. The molecule has 0 bridgehead atoms. The SMILES string of the molecule is COCCN1C[C@@H](Cc2ncccc2C(=O)N2CCCCC2)CC1=O. The molecular formula is C19H27N3O3. The van der Waals surface area contributed by atoms with Crippen LogP contribution in [0.25, 0.3) is 0 Å². The monoisotopic (exact) mass is 345 g/mol. The summed E-state index contributed by atoms with van der Waals surface area (Å²) in [6, 6.07) is 3.70. The summed E-state index contributed by atoms with van der Waals surface area (Å²) >= 11 is 0. The largest absolute Gasteiger partial charge is 0.383 e. The fourth-order valence-electron chi connectivity index (χ4n) is 3.74. The Balaban J connectivity index is 1.67. The minimum Gasteiger partial charge on any atom is -0.383 e. The molecule has 1 aromatic rings. The highest BCUT2D eigenvalue weighted by Gasteiger charge is 2.31. The van der Waals surface area contributed by atoms with Crippen LogP contribution in [-0.4, -0.2) is 66.5 Å². The van der Waals surface area contributed by atoms with Gasteiger partial charge in [-0.15, -0.1) is 0 Å². The van der Waals surface area contributed by atoms with E-state index in [0.29, 0.717) is 31.6 Å². The molecule has 0 N–H and O–H groups in total. The summed E-state index contributed by atoms with van der Waals surface area (Å²) < 4.78 is 5.07. The van der Waals surface area contributed by atoms with Crippen LogP contribution in [0, 0.1) is 5.92 Å². The first kappa shape index (κ1) is 17.9. The maximum Gasteiger partial charge on any atom is 0.255 e. The third-order valence-electron chi connectivity index (χ3n) is 5.11. The highest BCUT2D eigenvalue weighted by atomic mass is 16.5. The predicted molar refractivity (Wildman–Crippen MR) is 94.3 cm³/mol. The molecule has 2 aliphatic heterocycles. The highest BCUT2D eigenvalue weighted by molar-refractivity contribution is 5.95. The van der Waals surface area contributed by atoms with Gasteiger partial charge in [-0.05, 0) is 43.7 Å². The molecule has 0 unspecified atom stereocenters. The molecular weight excluding hydrogens is 318 g/mol. The number of carbonyl (C=O) groups is 2. The summed E-state index contributed by atoms with van der Waals surface area (Å²) in [4.78, 5) is 33.2. The van der Waals surface area contributed by atoms with E-state index < -0.39 is 0 Å². The van der Waals surface area contributed by atoms with Crippen LogP contribution < -0.4 is 0 Å². The molecule has 6 heteroatoms. The quantitative estimate of drug-likeness (QED) is 0.788. The van der Waals surface area contributed by atoms with E-state index in [0.717, 1.165) is 38.2 Å². The standard InChI is InChI=1S/C19H27N3O3/c1-25-11-10-22-14-15(13-18(22)23)12-17-16(6-5-7-20-17)19(24)21-8-3-2-4-9-21/h5-7,15H,2-4,8-14H2,1H3/t15-/m0/s1. The molecule has 2 aliphatic rings. The first-order valence-electron chi connectivity index (χ1n) is 9.19. The van der Waals surface area contributed by atoms with E-state index in [1.165, 1.54) is 6.42 Å². The molecule has 1 atom stereocenters. The number of hydrogen-bond donors (Lipinski definition) is 0. The molecule has 25 heavy (non-hydrogen) atoms. The molecule has 2 fully saturated rings. The van der Waals surface area contributed by atoms with E-state index in [4.69, 9.17) is 4.74 Å². The number of ether oxygens (including phenoxy) is 1. The molecule has 3 heterocycles. The van der Waals surface area contributed by atoms with E-state index in [1.54, 1.807) is 13.3 Å². The van der Waals surface area contributed by atoms with Crippen LogP contribution in [0.2, 0.25) is 0 Å². The second-order valence-corrected chi connectivity index (χ2v) is 6.96. The van der Waals surface area contributed by atoms with E-state index in [-0.39, 0.29) is 17.7 Å². The maximum absolute atomic E-state index is 12.9.